The maximum atomic E-state index is 5.06. The predicted octanol–water partition coefficient (Wildman–Crippen LogP) is 2.36. The molecule has 0 bridgehead atoms. The average Bonchev–Trinajstić information content (AvgIpc) is 2.14. The first-order valence-electron chi connectivity index (χ1n) is 5.18. The molecule has 0 amide bonds. The first-order valence-corrected chi connectivity index (χ1v) is 5.18. The Balaban J connectivity index is 3.46. The summed E-state index contributed by atoms with van der Waals surface area (Å²) < 4.78 is 5.06. The van der Waals surface area contributed by atoms with Crippen molar-refractivity contribution in [3.05, 3.63) is 12.7 Å². The molecule has 0 heterocycles. The molecule has 0 aliphatic carbocycles. The van der Waals surface area contributed by atoms with Gasteiger partial charge in [-0.05, 0) is 32.2 Å². The van der Waals surface area contributed by atoms with Gasteiger partial charge in [-0.3, -0.25) is 0 Å². The highest BCUT2D eigenvalue weighted by atomic mass is 16.5. The molecule has 0 aromatic rings. The molecule has 0 saturated heterocycles. The number of hydrogen-bond donors (Lipinski definition) is 1. The van der Waals surface area contributed by atoms with Crippen molar-refractivity contribution in [3.8, 4) is 0 Å². The van der Waals surface area contributed by atoms with E-state index in [0.717, 1.165) is 26.0 Å². The van der Waals surface area contributed by atoms with Gasteiger partial charge >= 0.3 is 0 Å². The third-order valence-electron chi connectivity index (χ3n) is 2.12. The van der Waals surface area contributed by atoms with Gasteiger partial charge in [0.05, 0.1) is 0 Å². The summed E-state index contributed by atoms with van der Waals surface area (Å²) in [7, 11) is 1.76. The van der Waals surface area contributed by atoms with E-state index in [9.17, 15) is 0 Å². The van der Waals surface area contributed by atoms with Crippen LogP contribution < -0.4 is 5.32 Å². The van der Waals surface area contributed by atoms with Crippen LogP contribution in [0.4, 0.5) is 0 Å². The fourth-order valence-corrected chi connectivity index (χ4v) is 1.41. The Morgan fingerprint density at radius 2 is 2.23 bits per heavy atom. The van der Waals surface area contributed by atoms with Crippen molar-refractivity contribution in [2.75, 3.05) is 20.3 Å². The lowest BCUT2D eigenvalue weighted by molar-refractivity contribution is 0.181. The summed E-state index contributed by atoms with van der Waals surface area (Å²) in [5.41, 5.74) is 0. The lowest BCUT2D eigenvalue weighted by atomic mass is 10.1. The van der Waals surface area contributed by atoms with Gasteiger partial charge in [0.25, 0.3) is 0 Å². The monoisotopic (exact) mass is 185 g/mol. The standard InChI is InChI=1S/C11H23NO/c1-4-6-7-8-11(12-5-2)9-10-13-3/h4,11-12H,1,5-10H2,2-3H3. The van der Waals surface area contributed by atoms with Crippen molar-refractivity contribution < 1.29 is 4.74 Å². The molecular formula is C11H23NO. The second-order valence-electron chi connectivity index (χ2n) is 3.26. The highest BCUT2D eigenvalue weighted by molar-refractivity contribution is 4.71. The Hall–Kier alpha value is -0.340. The van der Waals surface area contributed by atoms with Crippen LogP contribution in [0.2, 0.25) is 0 Å². The van der Waals surface area contributed by atoms with Gasteiger partial charge in [-0.1, -0.05) is 13.0 Å². The van der Waals surface area contributed by atoms with Crippen molar-refractivity contribution in [1.82, 2.24) is 5.32 Å². The van der Waals surface area contributed by atoms with Crippen molar-refractivity contribution in [2.24, 2.45) is 0 Å². The summed E-state index contributed by atoms with van der Waals surface area (Å²) in [6, 6.07) is 0.616. The summed E-state index contributed by atoms with van der Waals surface area (Å²) in [6.45, 7) is 7.76. The Kier molecular flexibility index (Phi) is 9.49. The summed E-state index contributed by atoms with van der Waals surface area (Å²) in [5.74, 6) is 0. The highest BCUT2D eigenvalue weighted by Gasteiger charge is 2.05. The maximum Gasteiger partial charge on any atom is 0.0477 e. The van der Waals surface area contributed by atoms with Crippen LogP contribution in [0, 0.1) is 0 Å². The summed E-state index contributed by atoms with van der Waals surface area (Å²) in [4.78, 5) is 0. The molecule has 13 heavy (non-hydrogen) atoms. The summed E-state index contributed by atoms with van der Waals surface area (Å²) in [6.07, 6.45) is 6.67. The fourth-order valence-electron chi connectivity index (χ4n) is 1.41. The molecule has 2 nitrogen and oxygen atoms in total. The van der Waals surface area contributed by atoms with E-state index < -0.39 is 0 Å². The fraction of sp³-hybridized carbons (Fsp3) is 0.818. The number of methoxy groups -OCH3 is 1. The van der Waals surface area contributed by atoms with Crippen LogP contribution in [0.25, 0.3) is 0 Å². The molecule has 0 aliphatic rings. The van der Waals surface area contributed by atoms with Gasteiger partial charge in [-0.15, -0.1) is 6.58 Å². The molecule has 0 aromatic heterocycles. The topological polar surface area (TPSA) is 21.3 Å². The van der Waals surface area contributed by atoms with Crippen LogP contribution in [-0.2, 0) is 4.74 Å². The normalized spacial score (nSPS) is 12.8. The van der Waals surface area contributed by atoms with E-state index in [1.54, 1.807) is 7.11 Å². The van der Waals surface area contributed by atoms with Gasteiger partial charge in [0, 0.05) is 19.8 Å². The number of ether oxygens (including phenoxy) is 1. The minimum atomic E-state index is 0.616. The van der Waals surface area contributed by atoms with E-state index in [0.29, 0.717) is 6.04 Å². The molecule has 0 aliphatic heterocycles. The molecule has 0 rings (SSSR count). The number of hydrogen-bond acceptors (Lipinski definition) is 2. The van der Waals surface area contributed by atoms with Crippen LogP contribution in [0.5, 0.6) is 0 Å². The molecule has 0 spiro atoms. The average molecular weight is 185 g/mol. The summed E-state index contributed by atoms with van der Waals surface area (Å²) >= 11 is 0. The summed E-state index contributed by atoms with van der Waals surface area (Å²) in [5, 5.41) is 3.46. The molecule has 78 valence electrons. The van der Waals surface area contributed by atoms with E-state index in [2.05, 4.69) is 18.8 Å². The van der Waals surface area contributed by atoms with Gasteiger partial charge < -0.3 is 10.1 Å². The Morgan fingerprint density at radius 1 is 1.46 bits per heavy atom. The third-order valence-corrected chi connectivity index (χ3v) is 2.12. The molecule has 1 N–H and O–H groups in total. The quantitative estimate of drug-likeness (QED) is 0.440. The van der Waals surface area contributed by atoms with Gasteiger partial charge in [0.2, 0.25) is 0 Å². The molecule has 1 atom stereocenters. The number of unbranched alkanes of at least 4 members (excludes halogenated alkanes) is 1. The van der Waals surface area contributed by atoms with Crippen LogP contribution in [0.3, 0.4) is 0 Å². The first kappa shape index (κ1) is 12.7. The highest BCUT2D eigenvalue weighted by Crippen LogP contribution is 2.05. The van der Waals surface area contributed by atoms with Gasteiger partial charge in [0.1, 0.15) is 0 Å². The van der Waals surface area contributed by atoms with Gasteiger partial charge in [-0.25, -0.2) is 0 Å². The first-order chi connectivity index (χ1) is 6.35. The SMILES string of the molecule is C=CCCCC(CCOC)NCC. The van der Waals surface area contributed by atoms with E-state index >= 15 is 0 Å². The third kappa shape index (κ3) is 8.00. The molecule has 0 fully saturated rings. The van der Waals surface area contributed by atoms with Crippen molar-refractivity contribution >= 4 is 0 Å². The number of allylic oxidation sites excluding steroid dienone is 1. The number of nitrogens with one attached hydrogen (secondary N) is 1. The second-order valence-corrected chi connectivity index (χ2v) is 3.26. The van der Waals surface area contributed by atoms with E-state index in [1.807, 2.05) is 6.08 Å². The minimum Gasteiger partial charge on any atom is -0.385 e. The molecule has 0 saturated carbocycles. The zero-order valence-electron chi connectivity index (χ0n) is 9.01. The Morgan fingerprint density at radius 3 is 2.77 bits per heavy atom. The molecule has 2 heteroatoms. The molecule has 0 aromatic carbocycles. The minimum absolute atomic E-state index is 0.616. The maximum absolute atomic E-state index is 5.06. The lowest BCUT2D eigenvalue weighted by Gasteiger charge is -2.16. The smallest absolute Gasteiger partial charge is 0.0477 e. The largest absolute Gasteiger partial charge is 0.385 e. The van der Waals surface area contributed by atoms with Crippen molar-refractivity contribution in [3.63, 3.8) is 0 Å². The van der Waals surface area contributed by atoms with Crippen LogP contribution in [0.1, 0.15) is 32.6 Å². The Bertz CT molecular complexity index is 115. The lowest BCUT2D eigenvalue weighted by Crippen LogP contribution is -2.29. The van der Waals surface area contributed by atoms with E-state index in [4.69, 9.17) is 4.74 Å². The van der Waals surface area contributed by atoms with Crippen molar-refractivity contribution in [2.45, 2.75) is 38.6 Å². The molecular weight excluding hydrogens is 162 g/mol. The van der Waals surface area contributed by atoms with Gasteiger partial charge in [-0.2, -0.15) is 0 Å². The zero-order valence-corrected chi connectivity index (χ0v) is 9.01. The molecule has 1 unspecified atom stereocenters. The van der Waals surface area contributed by atoms with Crippen LogP contribution in [-0.4, -0.2) is 26.3 Å². The van der Waals surface area contributed by atoms with Crippen LogP contribution in [0.15, 0.2) is 12.7 Å². The van der Waals surface area contributed by atoms with Gasteiger partial charge in [0.15, 0.2) is 0 Å². The zero-order chi connectivity index (χ0) is 9.94. The van der Waals surface area contributed by atoms with Crippen LogP contribution >= 0.6 is 0 Å². The second kappa shape index (κ2) is 9.75. The Labute approximate surface area is 82.4 Å². The predicted molar refractivity (Wildman–Crippen MR) is 58.0 cm³/mol. The number of rotatable bonds is 9. The molecule has 0 radical (unpaired) electrons. The van der Waals surface area contributed by atoms with E-state index in [1.165, 1.54) is 12.8 Å². The van der Waals surface area contributed by atoms with E-state index in [-0.39, 0.29) is 0 Å². The van der Waals surface area contributed by atoms with Crippen molar-refractivity contribution in [1.29, 1.82) is 0 Å².